The standard InChI is InChI=1S/C19H24N4O2/c1-21(2)17-11-15(14-7-5-6-8-16(14)20-17)19(25)23(4)13-9-10-18(24)22(3)12-13/h5-8,11,13H,9-10,12H2,1-4H3/t13-/m1/s1. The van der Waals surface area contributed by atoms with Crippen LogP contribution in [0.4, 0.5) is 5.82 Å². The molecule has 132 valence electrons. The number of amides is 2. The second-order valence-corrected chi connectivity index (χ2v) is 6.82. The van der Waals surface area contributed by atoms with Gasteiger partial charge in [-0.3, -0.25) is 9.59 Å². The molecular formula is C19H24N4O2. The average Bonchev–Trinajstić information content (AvgIpc) is 2.61. The van der Waals surface area contributed by atoms with Gasteiger partial charge in [0, 0.05) is 52.6 Å². The Morgan fingerprint density at radius 1 is 1.24 bits per heavy atom. The molecule has 2 aromatic rings. The number of para-hydroxylation sites is 1. The van der Waals surface area contributed by atoms with Crippen molar-refractivity contribution in [2.45, 2.75) is 18.9 Å². The van der Waals surface area contributed by atoms with Gasteiger partial charge in [0.15, 0.2) is 0 Å². The number of aromatic nitrogens is 1. The minimum Gasteiger partial charge on any atom is -0.363 e. The first-order valence-corrected chi connectivity index (χ1v) is 8.46. The van der Waals surface area contributed by atoms with Crippen molar-refractivity contribution in [3.05, 3.63) is 35.9 Å². The number of carbonyl (C=O) groups is 2. The van der Waals surface area contributed by atoms with Gasteiger partial charge in [0.1, 0.15) is 5.82 Å². The van der Waals surface area contributed by atoms with E-state index in [-0.39, 0.29) is 17.9 Å². The molecule has 0 spiro atoms. The zero-order valence-corrected chi connectivity index (χ0v) is 15.2. The lowest BCUT2D eigenvalue weighted by Crippen LogP contribution is -2.49. The number of hydrogen-bond acceptors (Lipinski definition) is 4. The molecule has 6 nitrogen and oxygen atoms in total. The summed E-state index contributed by atoms with van der Waals surface area (Å²) in [4.78, 5) is 34.9. The van der Waals surface area contributed by atoms with Gasteiger partial charge >= 0.3 is 0 Å². The Labute approximate surface area is 148 Å². The summed E-state index contributed by atoms with van der Waals surface area (Å²) in [6, 6.07) is 9.58. The smallest absolute Gasteiger partial charge is 0.254 e. The SMILES string of the molecule is CN1C[C@H](N(C)C(=O)c2cc(N(C)C)nc3ccccc23)CCC1=O. The molecule has 3 rings (SSSR count). The molecule has 1 aromatic carbocycles. The molecule has 0 aliphatic carbocycles. The fourth-order valence-electron chi connectivity index (χ4n) is 3.23. The maximum absolute atomic E-state index is 13.2. The Kier molecular flexibility index (Phi) is 4.61. The molecule has 1 aliphatic rings. The Bertz CT molecular complexity index is 818. The van der Waals surface area contributed by atoms with Gasteiger partial charge in [-0.25, -0.2) is 4.98 Å². The largest absolute Gasteiger partial charge is 0.363 e. The molecule has 0 saturated carbocycles. The summed E-state index contributed by atoms with van der Waals surface area (Å²) < 4.78 is 0. The number of hydrogen-bond donors (Lipinski definition) is 0. The van der Waals surface area contributed by atoms with Gasteiger partial charge in [-0.15, -0.1) is 0 Å². The van der Waals surface area contributed by atoms with E-state index in [0.717, 1.165) is 16.7 Å². The first-order valence-electron chi connectivity index (χ1n) is 8.46. The van der Waals surface area contributed by atoms with Crippen LogP contribution >= 0.6 is 0 Å². The van der Waals surface area contributed by atoms with Crippen molar-refractivity contribution in [2.75, 3.05) is 39.6 Å². The lowest BCUT2D eigenvalue weighted by Gasteiger charge is -2.35. The van der Waals surface area contributed by atoms with Crippen LogP contribution in [0.25, 0.3) is 10.9 Å². The van der Waals surface area contributed by atoms with Crippen LogP contribution in [0.5, 0.6) is 0 Å². The molecule has 0 N–H and O–H groups in total. The normalized spacial score (nSPS) is 17.7. The van der Waals surface area contributed by atoms with Gasteiger partial charge in [-0.05, 0) is 18.6 Å². The van der Waals surface area contributed by atoms with Crippen molar-refractivity contribution in [3.63, 3.8) is 0 Å². The van der Waals surface area contributed by atoms with E-state index < -0.39 is 0 Å². The highest BCUT2D eigenvalue weighted by Crippen LogP contribution is 2.25. The van der Waals surface area contributed by atoms with Gasteiger partial charge in [0.2, 0.25) is 5.91 Å². The monoisotopic (exact) mass is 340 g/mol. The van der Waals surface area contributed by atoms with E-state index in [9.17, 15) is 9.59 Å². The third kappa shape index (κ3) is 3.29. The lowest BCUT2D eigenvalue weighted by atomic mass is 10.0. The van der Waals surface area contributed by atoms with E-state index >= 15 is 0 Å². The Hall–Kier alpha value is -2.63. The van der Waals surface area contributed by atoms with Gasteiger partial charge < -0.3 is 14.7 Å². The molecule has 2 heterocycles. The summed E-state index contributed by atoms with van der Waals surface area (Å²) in [5.74, 6) is 0.863. The average molecular weight is 340 g/mol. The first-order chi connectivity index (χ1) is 11.9. The fourth-order valence-corrected chi connectivity index (χ4v) is 3.23. The third-order valence-electron chi connectivity index (χ3n) is 4.86. The van der Waals surface area contributed by atoms with Crippen molar-refractivity contribution < 1.29 is 9.59 Å². The van der Waals surface area contributed by atoms with E-state index in [0.29, 0.717) is 24.9 Å². The molecule has 25 heavy (non-hydrogen) atoms. The van der Waals surface area contributed by atoms with Gasteiger partial charge in [0.25, 0.3) is 5.91 Å². The molecule has 1 atom stereocenters. The molecule has 0 unspecified atom stereocenters. The summed E-state index contributed by atoms with van der Waals surface area (Å²) in [7, 11) is 7.44. The number of fused-ring (bicyclic) bond motifs is 1. The number of rotatable bonds is 3. The van der Waals surface area contributed by atoms with Crippen molar-refractivity contribution in [1.29, 1.82) is 0 Å². The Balaban J connectivity index is 1.97. The van der Waals surface area contributed by atoms with Crippen molar-refractivity contribution >= 4 is 28.5 Å². The second-order valence-electron chi connectivity index (χ2n) is 6.82. The quantitative estimate of drug-likeness (QED) is 0.857. The van der Waals surface area contributed by atoms with Crippen molar-refractivity contribution in [1.82, 2.24) is 14.8 Å². The van der Waals surface area contributed by atoms with Gasteiger partial charge in [-0.1, -0.05) is 18.2 Å². The van der Waals surface area contributed by atoms with Crippen LogP contribution in [0.2, 0.25) is 0 Å². The summed E-state index contributed by atoms with van der Waals surface area (Å²) in [5, 5.41) is 0.852. The molecule has 2 amide bonds. The highest BCUT2D eigenvalue weighted by atomic mass is 16.2. The number of nitrogens with zero attached hydrogens (tertiary/aromatic N) is 4. The van der Waals surface area contributed by atoms with Crippen molar-refractivity contribution in [3.8, 4) is 0 Å². The van der Waals surface area contributed by atoms with Crippen LogP contribution in [0.15, 0.2) is 30.3 Å². The molecule has 6 heteroatoms. The fraction of sp³-hybridized carbons (Fsp3) is 0.421. The predicted molar refractivity (Wildman–Crippen MR) is 98.8 cm³/mol. The van der Waals surface area contributed by atoms with E-state index in [1.807, 2.05) is 56.4 Å². The summed E-state index contributed by atoms with van der Waals surface area (Å²) >= 11 is 0. The van der Waals surface area contributed by atoms with Crippen LogP contribution in [0.1, 0.15) is 23.2 Å². The molecule has 1 aromatic heterocycles. The van der Waals surface area contributed by atoms with Crippen LogP contribution < -0.4 is 4.90 Å². The lowest BCUT2D eigenvalue weighted by molar-refractivity contribution is -0.133. The van der Waals surface area contributed by atoms with E-state index in [1.165, 1.54) is 0 Å². The molecule has 1 aliphatic heterocycles. The summed E-state index contributed by atoms with van der Waals surface area (Å²) in [6.07, 6.45) is 1.19. The van der Waals surface area contributed by atoms with Crippen LogP contribution in [0, 0.1) is 0 Å². The first kappa shape index (κ1) is 17.2. The summed E-state index contributed by atoms with van der Waals surface area (Å²) in [6.45, 7) is 0.574. The van der Waals surface area contributed by atoms with Crippen LogP contribution in [0.3, 0.4) is 0 Å². The minimum atomic E-state index is -0.0329. The van der Waals surface area contributed by atoms with Crippen molar-refractivity contribution in [2.24, 2.45) is 0 Å². The maximum atomic E-state index is 13.2. The van der Waals surface area contributed by atoms with Gasteiger partial charge in [-0.2, -0.15) is 0 Å². The number of likely N-dealkylation sites (tertiary alicyclic amines) is 1. The molecule has 0 bridgehead atoms. The minimum absolute atomic E-state index is 0.0323. The van der Waals surface area contributed by atoms with E-state index in [4.69, 9.17) is 0 Å². The Morgan fingerprint density at radius 3 is 2.64 bits per heavy atom. The molecular weight excluding hydrogens is 316 g/mol. The summed E-state index contributed by atoms with van der Waals surface area (Å²) in [5.41, 5.74) is 1.46. The highest BCUT2D eigenvalue weighted by Gasteiger charge is 2.29. The zero-order chi connectivity index (χ0) is 18.1. The molecule has 0 radical (unpaired) electrons. The van der Waals surface area contributed by atoms with E-state index in [2.05, 4.69) is 4.98 Å². The highest BCUT2D eigenvalue weighted by molar-refractivity contribution is 6.07. The number of carbonyl (C=O) groups excluding carboxylic acids is 2. The number of anilines is 1. The maximum Gasteiger partial charge on any atom is 0.254 e. The number of piperidine rings is 1. The second kappa shape index (κ2) is 6.70. The topological polar surface area (TPSA) is 56.8 Å². The van der Waals surface area contributed by atoms with Gasteiger partial charge in [0.05, 0.1) is 11.1 Å². The number of benzene rings is 1. The van der Waals surface area contributed by atoms with E-state index in [1.54, 1.807) is 16.8 Å². The molecule has 1 saturated heterocycles. The zero-order valence-electron chi connectivity index (χ0n) is 15.2. The molecule has 1 fully saturated rings. The van der Waals surface area contributed by atoms with Crippen LogP contribution in [-0.4, -0.2) is 67.4 Å². The number of likely N-dealkylation sites (N-methyl/N-ethyl adjacent to an activating group) is 2. The third-order valence-corrected chi connectivity index (χ3v) is 4.86. The predicted octanol–water partition coefficient (Wildman–Crippen LogP) is 1.99. The van der Waals surface area contributed by atoms with Crippen LogP contribution in [-0.2, 0) is 4.79 Å². The Morgan fingerprint density at radius 2 is 1.96 bits per heavy atom. The number of pyridine rings is 1.